The van der Waals surface area contributed by atoms with Crippen molar-refractivity contribution in [1.29, 1.82) is 0 Å². The highest BCUT2D eigenvalue weighted by Crippen LogP contribution is 2.40. The summed E-state index contributed by atoms with van der Waals surface area (Å²) >= 11 is 2.01. The lowest BCUT2D eigenvalue weighted by Crippen LogP contribution is -2.31. The van der Waals surface area contributed by atoms with Crippen LogP contribution in [0.5, 0.6) is 0 Å². The van der Waals surface area contributed by atoms with E-state index in [0.29, 0.717) is 11.3 Å². The normalized spacial score (nSPS) is 30.0. The van der Waals surface area contributed by atoms with Crippen LogP contribution in [-0.2, 0) is 6.42 Å². The number of hydrogen-bond donors (Lipinski definition) is 1. The minimum atomic E-state index is 0.562. The molecule has 0 amide bonds. The molecule has 0 aromatic heterocycles. The Bertz CT molecular complexity index is 483. The number of fused-ring (bicyclic) bond motifs is 1. The number of thioether (sulfide) groups is 1. The highest BCUT2D eigenvalue weighted by Gasteiger charge is 2.35. The van der Waals surface area contributed by atoms with Crippen molar-refractivity contribution < 1.29 is 0 Å². The summed E-state index contributed by atoms with van der Waals surface area (Å²) in [5, 5.41) is 2.03. The quantitative estimate of drug-likeness (QED) is 0.919. The Balaban J connectivity index is 1.67. The van der Waals surface area contributed by atoms with Gasteiger partial charge in [0.05, 0.1) is 11.1 Å². The first kappa shape index (κ1) is 13.2. The molecule has 0 saturated heterocycles. The molecule has 3 unspecified atom stereocenters. The van der Waals surface area contributed by atoms with Gasteiger partial charge in [0.2, 0.25) is 0 Å². The second kappa shape index (κ2) is 5.68. The van der Waals surface area contributed by atoms with E-state index in [1.165, 1.54) is 35.4 Å². The number of aliphatic imine (C=N–C) groups is 1. The van der Waals surface area contributed by atoms with Gasteiger partial charge in [-0.1, -0.05) is 24.3 Å². The number of benzene rings is 1. The van der Waals surface area contributed by atoms with Gasteiger partial charge in [-0.05, 0) is 49.8 Å². The van der Waals surface area contributed by atoms with Gasteiger partial charge >= 0.3 is 0 Å². The molecule has 1 aromatic carbocycles. The first-order valence-electron chi connectivity index (χ1n) is 7.24. The van der Waals surface area contributed by atoms with Crippen molar-refractivity contribution in [3.8, 4) is 0 Å². The summed E-state index contributed by atoms with van der Waals surface area (Å²) in [6, 6.07) is 9.20. The summed E-state index contributed by atoms with van der Waals surface area (Å²) in [6.07, 6.45) is 4.76. The molecule has 1 aliphatic heterocycles. The first-order valence-corrected chi connectivity index (χ1v) is 8.12. The largest absolute Gasteiger partial charge is 0.330 e. The van der Waals surface area contributed by atoms with Gasteiger partial charge in [-0.2, -0.15) is 0 Å². The van der Waals surface area contributed by atoms with Gasteiger partial charge in [-0.15, -0.1) is 11.8 Å². The van der Waals surface area contributed by atoms with E-state index in [4.69, 9.17) is 10.7 Å². The van der Waals surface area contributed by atoms with Crippen LogP contribution in [0, 0.1) is 12.8 Å². The Hall–Kier alpha value is -0.800. The van der Waals surface area contributed by atoms with Crippen molar-refractivity contribution in [3.63, 3.8) is 0 Å². The summed E-state index contributed by atoms with van der Waals surface area (Å²) in [4.78, 5) is 4.95. The molecule has 102 valence electrons. The molecule has 2 N–H and O–H groups in total. The van der Waals surface area contributed by atoms with Gasteiger partial charge in [0.25, 0.3) is 0 Å². The lowest BCUT2D eigenvalue weighted by atomic mass is 9.86. The summed E-state index contributed by atoms with van der Waals surface area (Å²) in [5.41, 5.74) is 8.61. The van der Waals surface area contributed by atoms with Crippen LogP contribution < -0.4 is 5.73 Å². The smallest absolute Gasteiger partial charge is 0.0727 e. The summed E-state index contributed by atoms with van der Waals surface area (Å²) in [5.74, 6) is 0.724. The zero-order valence-corrected chi connectivity index (χ0v) is 12.3. The number of nitrogens with two attached hydrogens (primary N) is 1. The molecule has 2 aliphatic rings. The Morgan fingerprint density at radius 1 is 1.32 bits per heavy atom. The van der Waals surface area contributed by atoms with Crippen molar-refractivity contribution in [2.75, 3.05) is 6.54 Å². The number of hydrogen-bond acceptors (Lipinski definition) is 3. The molecule has 3 rings (SSSR count). The molecule has 1 aliphatic carbocycles. The van der Waals surface area contributed by atoms with Crippen LogP contribution in [0.3, 0.4) is 0 Å². The summed E-state index contributed by atoms with van der Waals surface area (Å²) < 4.78 is 0. The van der Waals surface area contributed by atoms with E-state index < -0.39 is 0 Å². The predicted molar refractivity (Wildman–Crippen MR) is 83.9 cm³/mol. The Labute approximate surface area is 119 Å². The van der Waals surface area contributed by atoms with Crippen LogP contribution in [0.25, 0.3) is 0 Å². The van der Waals surface area contributed by atoms with Crippen LogP contribution in [0.1, 0.15) is 30.4 Å². The van der Waals surface area contributed by atoms with Crippen molar-refractivity contribution in [2.45, 2.75) is 43.9 Å². The fourth-order valence-corrected chi connectivity index (χ4v) is 4.64. The maximum Gasteiger partial charge on any atom is 0.0727 e. The van der Waals surface area contributed by atoms with E-state index >= 15 is 0 Å². The van der Waals surface area contributed by atoms with Crippen LogP contribution in [0.2, 0.25) is 0 Å². The van der Waals surface area contributed by atoms with E-state index in [-0.39, 0.29) is 0 Å². The Morgan fingerprint density at radius 3 is 2.95 bits per heavy atom. The van der Waals surface area contributed by atoms with Gasteiger partial charge < -0.3 is 5.73 Å². The van der Waals surface area contributed by atoms with E-state index in [1.54, 1.807) is 0 Å². The first-order chi connectivity index (χ1) is 9.26. The molecular formula is C16H22N2S. The van der Waals surface area contributed by atoms with Crippen LogP contribution in [-0.4, -0.2) is 22.9 Å². The summed E-state index contributed by atoms with van der Waals surface area (Å²) in [7, 11) is 0. The maximum atomic E-state index is 5.82. The number of aryl methyl sites for hydroxylation is 1. The lowest BCUT2D eigenvalue weighted by molar-refractivity contribution is 0.347. The van der Waals surface area contributed by atoms with Crippen molar-refractivity contribution in [3.05, 3.63) is 35.4 Å². The second-order valence-corrected chi connectivity index (χ2v) is 7.08. The van der Waals surface area contributed by atoms with E-state index in [2.05, 4.69) is 31.2 Å². The van der Waals surface area contributed by atoms with Crippen LogP contribution >= 0.6 is 11.8 Å². The lowest BCUT2D eigenvalue weighted by Gasteiger charge is -2.28. The Morgan fingerprint density at radius 2 is 2.16 bits per heavy atom. The molecule has 3 heteroatoms. The molecule has 0 spiro atoms. The van der Waals surface area contributed by atoms with E-state index in [9.17, 15) is 0 Å². The highest BCUT2D eigenvalue weighted by atomic mass is 32.2. The molecule has 0 radical (unpaired) electrons. The topological polar surface area (TPSA) is 38.4 Å². The van der Waals surface area contributed by atoms with Crippen LogP contribution in [0.15, 0.2) is 29.3 Å². The fourth-order valence-electron chi connectivity index (χ4n) is 3.13. The zero-order valence-electron chi connectivity index (χ0n) is 11.5. The van der Waals surface area contributed by atoms with Gasteiger partial charge in [0.1, 0.15) is 0 Å². The highest BCUT2D eigenvalue weighted by molar-refractivity contribution is 8.14. The zero-order chi connectivity index (χ0) is 13.2. The van der Waals surface area contributed by atoms with Crippen LogP contribution in [0.4, 0.5) is 0 Å². The standard InChI is InChI=1S/C16H22N2S/c1-11-4-2-3-5-13(11)9-16-18-14-7-6-12(10-17)8-15(14)19-16/h2-5,12,14-15H,6-10,17H2,1H3. The SMILES string of the molecule is Cc1ccccc1CC1=NC2CCC(CN)CC2S1. The second-order valence-electron chi connectivity index (χ2n) is 5.76. The molecule has 1 heterocycles. The molecular weight excluding hydrogens is 252 g/mol. The molecule has 1 aromatic rings. The van der Waals surface area contributed by atoms with Gasteiger partial charge in [-0.3, -0.25) is 4.99 Å². The molecule has 1 fully saturated rings. The Kier molecular flexibility index (Phi) is 3.94. The van der Waals surface area contributed by atoms with Crippen molar-refractivity contribution >= 4 is 16.8 Å². The van der Waals surface area contributed by atoms with Crippen molar-refractivity contribution in [1.82, 2.24) is 0 Å². The van der Waals surface area contributed by atoms with Crippen molar-refractivity contribution in [2.24, 2.45) is 16.6 Å². The average Bonchev–Trinajstić information content (AvgIpc) is 2.82. The minimum Gasteiger partial charge on any atom is -0.330 e. The monoisotopic (exact) mass is 274 g/mol. The molecule has 19 heavy (non-hydrogen) atoms. The van der Waals surface area contributed by atoms with E-state index in [0.717, 1.165) is 18.9 Å². The minimum absolute atomic E-state index is 0.562. The number of rotatable bonds is 3. The third-order valence-electron chi connectivity index (χ3n) is 4.40. The maximum absolute atomic E-state index is 5.82. The van der Waals surface area contributed by atoms with Gasteiger partial charge in [0.15, 0.2) is 0 Å². The van der Waals surface area contributed by atoms with Gasteiger partial charge in [-0.25, -0.2) is 0 Å². The third-order valence-corrected chi connectivity index (χ3v) is 5.73. The van der Waals surface area contributed by atoms with E-state index in [1.807, 2.05) is 11.8 Å². The molecule has 0 bridgehead atoms. The summed E-state index contributed by atoms with van der Waals surface area (Å²) in [6.45, 7) is 3.03. The molecule has 1 saturated carbocycles. The third kappa shape index (κ3) is 2.87. The predicted octanol–water partition coefficient (Wildman–Crippen LogP) is 3.18. The van der Waals surface area contributed by atoms with Gasteiger partial charge in [0, 0.05) is 11.7 Å². The fraction of sp³-hybridized carbons (Fsp3) is 0.562. The molecule has 3 atom stereocenters. The molecule has 2 nitrogen and oxygen atoms in total. The number of nitrogens with zero attached hydrogens (tertiary/aromatic N) is 1. The average molecular weight is 274 g/mol.